The highest BCUT2D eigenvalue weighted by Gasteiger charge is 2.40. The fourth-order valence-corrected chi connectivity index (χ4v) is 3.31. The lowest BCUT2D eigenvalue weighted by Crippen LogP contribution is -2.40. The van der Waals surface area contributed by atoms with Crippen molar-refractivity contribution in [3.05, 3.63) is 29.8 Å². The molecule has 4 nitrogen and oxygen atoms in total. The number of aryl methyl sites for hydroxylation is 1. The molecule has 0 aromatic heterocycles. The molecule has 4 heteroatoms. The molecule has 0 radical (unpaired) electrons. The maximum absolute atomic E-state index is 12.3. The Kier molecular flexibility index (Phi) is 3.66. The maximum atomic E-state index is 12.3. The number of amides is 2. The second-order valence-corrected chi connectivity index (χ2v) is 6.22. The summed E-state index contributed by atoms with van der Waals surface area (Å²) in [5, 5.41) is 6.41. The molecule has 2 N–H and O–H groups in total. The molecule has 0 saturated carbocycles. The van der Waals surface area contributed by atoms with Crippen LogP contribution in [0.1, 0.15) is 24.8 Å². The number of urea groups is 1. The summed E-state index contributed by atoms with van der Waals surface area (Å²) in [5.74, 6) is 0. The summed E-state index contributed by atoms with van der Waals surface area (Å²) in [6.07, 6.45) is 3.54. The molecule has 0 unspecified atom stereocenters. The van der Waals surface area contributed by atoms with Crippen molar-refractivity contribution in [1.82, 2.24) is 10.2 Å². The summed E-state index contributed by atoms with van der Waals surface area (Å²) in [7, 11) is 0. The van der Waals surface area contributed by atoms with E-state index >= 15 is 0 Å². The molecule has 0 aliphatic carbocycles. The van der Waals surface area contributed by atoms with Crippen LogP contribution in [0.3, 0.4) is 0 Å². The lowest BCUT2D eigenvalue weighted by molar-refractivity contribution is 0.191. The van der Waals surface area contributed by atoms with E-state index in [1.165, 1.54) is 18.4 Å². The van der Waals surface area contributed by atoms with Crippen LogP contribution in [0.5, 0.6) is 0 Å². The van der Waals surface area contributed by atoms with Gasteiger partial charge in [0, 0.05) is 18.8 Å². The molecule has 20 heavy (non-hydrogen) atoms. The van der Waals surface area contributed by atoms with E-state index in [-0.39, 0.29) is 6.03 Å². The van der Waals surface area contributed by atoms with Gasteiger partial charge in [0.1, 0.15) is 0 Å². The number of carbonyl (C=O) groups excluding carboxylic acids is 1. The van der Waals surface area contributed by atoms with Crippen molar-refractivity contribution in [1.29, 1.82) is 0 Å². The summed E-state index contributed by atoms with van der Waals surface area (Å²) < 4.78 is 0. The first-order valence-corrected chi connectivity index (χ1v) is 7.50. The molecule has 0 atom stereocenters. The summed E-state index contributed by atoms with van der Waals surface area (Å²) >= 11 is 0. The van der Waals surface area contributed by atoms with Gasteiger partial charge in [0.05, 0.1) is 0 Å². The van der Waals surface area contributed by atoms with E-state index in [2.05, 4.69) is 10.6 Å². The molecule has 1 aromatic carbocycles. The monoisotopic (exact) mass is 273 g/mol. The number of piperidine rings is 1. The standard InChI is InChI=1S/C16H23N3O/c1-13-2-4-14(5-3-13)18-15(20)19-11-8-16(12-19)6-9-17-10-7-16/h2-5,17H,6-12H2,1H3,(H,18,20). The van der Waals surface area contributed by atoms with Crippen LogP contribution < -0.4 is 10.6 Å². The lowest BCUT2D eigenvalue weighted by Gasteiger charge is -2.33. The number of hydrogen-bond donors (Lipinski definition) is 2. The van der Waals surface area contributed by atoms with Crippen molar-refractivity contribution < 1.29 is 4.79 Å². The fraction of sp³-hybridized carbons (Fsp3) is 0.562. The minimum Gasteiger partial charge on any atom is -0.324 e. The molecule has 2 saturated heterocycles. The van der Waals surface area contributed by atoms with Gasteiger partial charge in [-0.25, -0.2) is 4.79 Å². The largest absolute Gasteiger partial charge is 0.324 e. The van der Waals surface area contributed by atoms with Crippen LogP contribution in [0.15, 0.2) is 24.3 Å². The molecule has 2 amide bonds. The van der Waals surface area contributed by atoms with Crippen molar-refractivity contribution in [2.24, 2.45) is 5.41 Å². The topological polar surface area (TPSA) is 44.4 Å². The molecule has 2 heterocycles. The van der Waals surface area contributed by atoms with Gasteiger partial charge in [0.15, 0.2) is 0 Å². The Bertz CT molecular complexity index is 477. The highest BCUT2D eigenvalue weighted by Crippen LogP contribution is 2.38. The summed E-state index contributed by atoms with van der Waals surface area (Å²) in [4.78, 5) is 14.3. The predicted octanol–water partition coefficient (Wildman–Crippen LogP) is 2.60. The SMILES string of the molecule is Cc1ccc(NC(=O)N2CCC3(CCNCC3)C2)cc1. The zero-order chi connectivity index (χ0) is 14.0. The molecule has 1 spiro atoms. The maximum Gasteiger partial charge on any atom is 0.321 e. The van der Waals surface area contributed by atoms with Crippen molar-refractivity contribution >= 4 is 11.7 Å². The Hall–Kier alpha value is -1.55. The zero-order valence-corrected chi connectivity index (χ0v) is 12.1. The zero-order valence-electron chi connectivity index (χ0n) is 12.1. The van der Waals surface area contributed by atoms with Crippen LogP contribution in [0.4, 0.5) is 10.5 Å². The predicted molar refractivity (Wildman–Crippen MR) is 80.9 cm³/mol. The van der Waals surface area contributed by atoms with Gasteiger partial charge in [-0.05, 0) is 56.8 Å². The Balaban J connectivity index is 1.59. The van der Waals surface area contributed by atoms with Gasteiger partial charge in [0.2, 0.25) is 0 Å². The lowest BCUT2D eigenvalue weighted by atomic mass is 9.78. The summed E-state index contributed by atoms with van der Waals surface area (Å²) in [5.41, 5.74) is 2.46. The average Bonchev–Trinajstić information content (AvgIpc) is 2.86. The normalized spacial score (nSPS) is 21.1. The Morgan fingerprint density at radius 2 is 1.90 bits per heavy atom. The third kappa shape index (κ3) is 2.80. The minimum absolute atomic E-state index is 0.0456. The van der Waals surface area contributed by atoms with E-state index < -0.39 is 0 Å². The number of carbonyl (C=O) groups is 1. The van der Waals surface area contributed by atoms with Gasteiger partial charge in [-0.3, -0.25) is 0 Å². The number of rotatable bonds is 1. The number of nitrogens with zero attached hydrogens (tertiary/aromatic N) is 1. The van der Waals surface area contributed by atoms with E-state index in [0.29, 0.717) is 5.41 Å². The molecule has 2 aliphatic rings. The van der Waals surface area contributed by atoms with Gasteiger partial charge < -0.3 is 15.5 Å². The number of hydrogen-bond acceptors (Lipinski definition) is 2. The molecule has 2 aliphatic heterocycles. The molecular weight excluding hydrogens is 250 g/mol. The van der Waals surface area contributed by atoms with Gasteiger partial charge in [-0.1, -0.05) is 17.7 Å². The van der Waals surface area contributed by atoms with Crippen LogP contribution in [0.2, 0.25) is 0 Å². The third-order valence-corrected chi connectivity index (χ3v) is 4.69. The Morgan fingerprint density at radius 3 is 2.60 bits per heavy atom. The van der Waals surface area contributed by atoms with Crippen molar-refractivity contribution in [3.63, 3.8) is 0 Å². The van der Waals surface area contributed by atoms with Crippen LogP contribution >= 0.6 is 0 Å². The first-order chi connectivity index (χ1) is 9.67. The quantitative estimate of drug-likeness (QED) is 0.826. The van der Waals surface area contributed by atoms with E-state index in [0.717, 1.165) is 38.3 Å². The van der Waals surface area contributed by atoms with Gasteiger partial charge in [-0.2, -0.15) is 0 Å². The second kappa shape index (κ2) is 5.44. The smallest absolute Gasteiger partial charge is 0.321 e. The highest BCUT2D eigenvalue weighted by atomic mass is 16.2. The molecule has 1 aromatic rings. The van der Waals surface area contributed by atoms with Crippen LogP contribution in [0, 0.1) is 12.3 Å². The minimum atomic E-state index is 0.0456. The van der Waals surface area contributed by atoms with Crippen molar-refractivity contribution in [2.45, 2.75) is 26.2 Å². The Labute approximate surface area is 120 Å². The van der Waals surface area contributed by atoms with Gasteiger partial charge in [-0.15, -0.1) is 0 Å². The van der Waals surface area contributed by atoms with Crippen molar-refractivity contribution in [3.8, 4) is 0 Å². The Morgan fingerprint density at radius 1 is 1.20 bits per heavy atom. The number of anilines is 1. The molecule has 3 rings (SSSR count). The van der Waals surface area contributed by atoms with E-state index in [1.807, 2.05) is 36.1 Å². The molecular formula is C16H23N3O. The van der Waals surface area contributed by atoms with E-state index in [1.54, 1.807) is 0 Å². The first kappa shape index (κ1) is 13.4. The second-order valence-electron chi connectivity index (χ2n) is 6.22. The summed E-state index contributed by atoms with van der Waals surface area (Å²) in [6, 6.07) is 8.01. The highest BCUT2D eigenvalue weighted by molar-refractivity contribution is 5.89. The van der Waals surface area contributed by atoms with Crippen LogP contribution in [0.25, 0.3) is 0 Å². The van der Waals surface area contributed by atoms with Crippen molar-refractivity contribution in [2.75, 3.05) is 31.5 Å². The fourth-order valence-electron chi connectivity index (χ4n) is 3.31. The summed E-state index contributed by atoms with van der Waals surface area (Å²) in [6.45, 7) is 6.03. The van der Waals surface area contributed by atoms with Crippen LogP contribution in [-0.2, 0) is 0 Å². The molecule has 0 bridgehead atoms. The molecule has 2 fully saturated rings. The molecule has 108 valence electrons. The number of nitrogens with one attached hydrogen (secondary N) is 2. The average molecular weight is 273 g/mol. The van der Waals surface area contributed by atoms with E-state index in [9.17, 15) is 4.79 Å². The van der Waals surface area contributed by atoms with Crippen LogP contribution in [-0.4, -0.2) is 37.1 Å². The third-order valence-electron chi connectivity index (χ3n) is 4.69. The van der Waals surface area contributed by atoms with E-state index in [4.69, 9.17) is 0 Å². The van der Waals surface area contributed by atoms with Gasteiger partial charge in [0.25, 0.3) is 0 Å². The first-order valence-electron chi connectivity index (χ1n) is 7.50. The number of benzene rings is 1. The number of likely N-dealkylation sites (tertiary alicyclic amines) is 1. The van der Waals surface area contributed by atoms with Gasteiger partial charge >= 0.3 is 6.03 Å².